The third kappa shape index (κ3) is 4.22. The third-order valence-electron chi connectivity index (χ3n) is 3.09. The van der Waals surface area contributed by atoms with Gasteiger partial charge in [-0.2, -0.15) is 5.10 Å². The number of aryl methyl sites for hydroxylation is 2. The average Bonchev–Trinajstić information content (AvgIpc) is 2.69. The lowest BCUT2D eigenvalue weighted by Crippen LogP contribution is -2.10. The van der Waals surface area contributed by atoms with Crippen molar-refractivity contribution >= 4 is 21.4 Å². The average molecular weight is 308 g/mol. The highest BCUT2D eigenvalue weighted by atomic mass is 32.2. The van der Waals surface area contributed by atoms with Gasteiger partial charge in [0.05, 0.1) is 18.0 Å². The summed E-state index contributed by atoms with van der Waals surface area (Å²) in [5.41, 5.74) is 3.60. The first-order valence-corrected chi connectivity index (χ1v) is 8.48. The van der Waals surface area contributed by atoms with E-state index in [1.165, 1.54) is 0 Å². The van der Waals surface area contributed by atoms with Crippen LogP contribution in [0.25, 0.3) is 0 Å². The molecule has 2 rings (SSSR count). The van der Waals surface area contributed by atoms with Crippen molar-refractivity contribution in [3.8, 4) is 0 Å². The molecule has 1 aromatic carbocycles. The Kier molecular flexibility index (Phi) is 4.22. The molecule has 1 aromatic heterocycles. The largest absolute Gasteiger partial charge is 0.378 e. The minimum absolute atomic E-state index is 0.118. The number of hydrogen-bond donors (Lipinski definition) is 2. The Balaban J connectivity index is 2.08. The smallest absolute Gasteiger partial charge is 0.229 e. The van der Waals surface area contributed by atoms with Gasteiger partial charge in [-0.25, -0.2) is 8.42 Å². The molecule has 0 saturated heterocycles. The summed E-state index contributed by atoms with van der Waals surface area (Å²) in [7, 11) is -1.34. The van der Waals surface area contributed by atoms with Crippen LogP contribution in [0.4, 0.5) is 11.4 Å². The molecular weight excluding hydrogens is 288 g/mol. The van der Waals surface area contributed by atoms with Gasteiger partial charge in [0.25, 0.3) is 0 Å². The maximum absolute atomic E-state index is 11.2. The molecule has 6 nitrogen and oxygen atoms in total. The fourth-order valence-corrected chi connectivity index (χ4v) is 2.78. The van der Waals surface area contributed by atoms with Crippen LogP contribution in [0.5, 0.6) is 0 Å². The van der Waals surface area contributed by atoms with Gasteiger partial charge in [-0.3, -0.25) is 9.40 Å². The molecule has 0 amide bonds. The summed E-state index contributed by atoms with van der Waals surface area (Å²) in [6, 6.07) is 7.26. The summed E-state index contributed by atoms with van der Waals surface area (Å²) in [5.74, 6) is 0. The van der Waals surface area contributed by atoms with E-state index in [-0.39, 0.29) is 6.04 Å². The summed E-state index contributed by atoms with van der Waals surface area (Å²) in [5, 5.41) is 7.70. The second kappa shape index (κ2) is 5.77. The summed E-state index contributed by atoms with van der Waals surface area (Å²) in [4.78, 5) is 0. The van der Waals surface area contributed by atoms with Crippen LogP contribution in [0, 0.1) is 6.92 Å². The molecule has 1 unspecified atom stereocenters. The molecule has 0 bridgehead atoms. The van der Waals surface area contributed by atoms with E-state index < -0.39 is 10.0 Å². The predicted molar refractivity (Wildman–Crippen MR) is 84.9 cm³/mol. The molecule has 2 N–H and O–H groups in total. The Hall–Kier alpha value is -2.02. The van der Waals surface area contributed by atoms with Gasteiger partial charge in [-0.05, 0) is 38.1 Å². The van der Waals surface area contributed by atoms with Crippen molar-refractivity contribution in [1.29, 1.82) is 0 Å². The first-order chi connectivity index (χ1) is 9.74. The monoisotopic (exact) mass is 308 g/mol. The molecule has 1 atom stereocenters. The van der Waals surface area contributed by atoms with Crippen molar-refractivity contribution in [2.45, 2.75) is 19.9 Å². The topological polar surface area (TPSA) is 76.0 Å². The van der Waals surface area contributed by atoms with Crippen molar-refractivity contribution in [2.75, 3.05) is 16.3 Å². The van der Waals surface area contributed by atoms with Crippen LogP contribution in [0.3, 0.4) is 0 Å². The van der Waals surface area contributed by atoms with Crippen LogP contribution in [0.1, 0.15) is 24.2 Å². The van der Waals surface area contributed by atoms with Crippen LogP contribution in [-0.4, -0.2) is 24.5 Å². The zero-order valence-electron chi connectivity index (χ0n) is 12.6. The fraction of sp³-hybridized carbons (Fsp3) is 0.357. The molecule has 0 spiro atoms. The van der Waals surface area contributed by atoms with Crippen molar-refractivity contribution in [3.63, 3.8) is 0 Å². The van der Waals surface area contributed by atoms with Gasteiger partial charge in [0, 0.05) is 30.2 Å². The first-order valence-electron chi connectivity index (χ1n) is 6.59. The molecule has 21 heavy (non-hydrogen) atoms. The molecule has 0 aliphatic rings. The number of rotatable bonds is 5. The zero-order valence-corrected chi connectivity index (χ0v) is 13.4. The number of aromatic nitrogens is 2. The Morgan fingerprint density at radius 2 is 1.76 bits per heavy atom. The highest BCUT2D eigenvalue weighted by molar-refractivity contribution is 7.92. The van der Waals surface area contributed by atoms with Crippen molar-refractivity contribution < 1.29 is 8.42 Å². The van der Waals surface area contributed by atoms with Crippen LogP contribution in [0.15, 0.2) is 30.5 Å². The van der Waals surface area contributed by atoms with Crippen molar-refractivity contribution in [2.24, 2.45) is 7.05 Å². The minimum atomic E-state index is -3.24. The molecule has 2 aromatic rings. The molecule has 7 heteroatoms. The van der Waals surface area contributed by atoms with Crippen molar-refractivity contribution in [1.82, 2.24) is 9.78 Å². The summed E-state index contributed by atoms with van der Waals surface area (Å²) >= 11 is 0. The van der Waals surface area contributed by atoms with Gasteiger partial charge in [0.15, 0.2) is 0 Å². The molecule has 0 aliphatic carbocycles. The van der Waals surface area contributed by atoms with E-state index in [2.05, 4.69) is 22.1 Å². The number of anilines is 2. The van der Waals surface area contributed by atoms with Gasteiger partial charge < -0.3 is 5.32 Å². The maximum atomic E-state index is 11.2. The third-order valence-corrected chi connectivity index (χ3v) is 3.70. The Morgan fingerprint density at radius 3 is 2.24 bits per heavy atom. The van der Waals surface area contributed by atoms with E-state index in [0.29, 0.717) is 5.69 Å². The molecule has 0 fully saturated rings. The van der Waals surface area contributed by atoms with Gasteiger partial charge in [-0.15, -0.1) is 0 Å². The number of hydrogen-bond acceptors (Lipinski definition) is 4. The summed E-state index contributed by atoms with van der Waals surface area (Å²) < 4.78 is 26.5. The molecule has 0 radical (unpaired) electrons. The Labute approximate surface area is 125 Å². The Bertz CT molecular complexity index is 720. The maximum Gasteiger partial charge on any atom is 0.229 e. The lowest BCUT2D eigenvalue weighted by atomic mass is 10.1. The highest BCUT2D eigenvalue weighted by Crippen LogP contribution is 2.22. The van der Waals surface area contributed by atoms with Gasteiger partial charge in [-0.1, -0.05) is 0 Å². The van der Waals surface area contributed by atoms with Crippen LogP contribution < -0.4 is 10.0 Å². The molecular formula is C14H20N4O2S. The van der Waals surface area contributed by atoms with Gasteiger partial charge in [0.1, 0.15) is 0 Å². The standard InChI is InChI=1S/C14H20N4O2S/c1-10(14-9-18(3)16-11(14)2)15-12-5-7-13(8-6-12)17-21(4,19)20/h5-10,15,17H,1-4H3. The molecule has 0 saturated carbocycles. The lowest BCUT2D eigenvalue weighted by Gasteiger charge is -2.15. The number of nitrogens with one attached hydrogen (secondary N) is 2. The first kappa shape index (κ1) is 15.4. The predicted octanol–water partition coefficient (Wildman–Crippen LogP) is 2.27. The Morgan fingerprint density at radius 1 is 1.19 bits per heavy atom. The number of nitrogens with zero attached hydrogens (tertiary/aromatic N) is 2. The molecule has 114 valence electrons. The second-order valence-corrected chi connectivity index (χ2v) is 6.91. The van der Waals surface area contributed by atoms with Crippen LogP contribution >= 0.6 is 0 Å². The quantitative estimate of drug-likeness (QED) is 0.888. The minimum Gasteiger partial charge on any atom is -0.378 e. The normalized spacial score (nSPS) is 13.0. The van der Waals surface area contributed by atoms with E-state index in [1.807, 2.05) is 32.3 Å². The van der Waals surface area contributed by atoms with Crippen LogP contribution in [-0.2, 0) is 17.1 Å². The van der Waals surface area contributed by atoms with Gasteiger partial charge in [0.2, 0.25) is 10.0 Å². The van der Waals surface area contributed by atoms with Gasteiger partial charge >= 0.3 is 0 Å². The molecule has 0 aliphatic heterocycles. The zero-order chi connectivity index (χ0) is 15.6. The summed E-state index contributed by atoms with van der Waals surface area (Å²) in [6.07, 6.45) is 3.12. The van der Waals surface area contributed by atoms with E-state index in [4.69, 9.17) is 0 Å². The molecule has 1 heterocycles. The van der Waals surface area contributed by atoms with Crippen LogP contribution in [0.2, 0.25) is 0 Å². The number of sulfonamides is 1. The lowest BCUT2D eigenvalue weighted by molar-refractivity contribution is 0.607. The number of benzene rings is 1. The highest BCUT2D eigenvalue weighted by Gasteiger charge is 2.11. The fourth-order valence-electron chi connectivity index (χ4n) is 2.22. The van der Waals surface area contributed by atoms with E-state index in [1.54, 1.807) is 16.8 Å². The van der Waals surface area contributed by atoms with E-state index >= 15 is 0 Å². The SMILES string of the molecule is Cc1nn(C)cc1C(C)Nc1ccc(NS(C)(=O)=O)cc1. The summed E-state index contributed by atoms with van der Waals surface area (Å²) in [6.45, 7) is 4.04. The second-order valence-electron chi connectivity index (χ2n) is 5.16. The van der Waals surface area contributed by atoms with E-state index in [9.17, 15) is 8.42 Å². The van der Waals surface area contributed by atoms with E-state index in [0.717, 1.165) is 23.2 Å². The van der Waals surface area contributed by atoms with Crippen molar-refractivity contribution in [3.05, 3.63) is 41.7 Å².